The van der Waals surface area contributed by atoms with Crippen molar-refractivity contribution < 1.29 is 23.5 Å². The van der Waals surface area contributed by atoms with Gasteiger partial charge >= 0.3 is 5.97 Å². The Balaban J connectivity index is 1.52. The molecule has 5 rings (SSSR count). The van der Waals surface area contributed by atoms with Crippen LogP contribution in [0.4, 0.5) is 10.1 Å². The van der Waals surface area contributed by atoms with Crippen LogP contribution in [0.15, 0.2) is 12.1 Å². The van der Waals surface area contributed by atoms with Crippen molar-refractivity contribution in [1.82, 2.24) is 4.57 Å². The summed E-state index contributed by atoms with van der Waals surface area (Å²) in [5.74, 6) is -1.75. The van der Waals surface area contributed by atoms with Crippen molar-refractivity contribution in [3.05, 3.63) is 46.0 Å². The summed E-state index contributed by atoms with van der Waals surface area (Å²) >= 11 is 0. The number of carbonyl (C=O) groups excluding carboxylic acids is 3. The van der Waals surface area contributed by atoms with E-state index in [1.165, 1.54) is 6.07 Å². The van der Waals surface area contributed by atoms with E-state index < -0.39 is 17.7 Å². The fraction of sp³-hybridized carbons (Fsp3) is 0.567. The summed E-state index contributed by atoms with van der Waals surface area (Å²) < 4.78 is 23.1. The lowest BCUT2D eigenvalue weighted by atomic mass is 9.69. The highest BCUT2D eigenvalue weighted by Gasteiger charge is 2.42. The van der Waals surface area contributed by atoms with E-state index in [9.17, 15) is 14.4 Å². The normalized spacial score (nSPS) is 21.8. The van der Waals surface area contributed by atoms with E-state index in [-0.39, 0.29) is 35.5 Å². The monoisotopic (exact) mass is 538 g/mol. The molecule has 0 saturated heterocycles. The van der Waals surface area contributed by atoms with E-state index in [1.807, 2.05) is 0 Å². The molecule has 1 heterocycles. The summed E-state index contributed by atoms with van der Waals surface area (Å²) in [5.41, 5.74) is 15.7. The zero-order valence-electron chi connectivity index (χ0n) is 22.9. The Bertz CT molecular complexity index is 1300. The van der Waals surface area contributed by atoms with Crippen LogP contribution in [0, 0.1) is 11.2 Å². The minimum atomic E-state index is -0.835. The fourth-order valence-corrected chi connectivity index (χ4v) is 6.96. The standard InChI is InChI=1S/C30H39FN4O4/c1-3-30(4-2)14-24-27(25(36)15-30)20-6-5-7-23(20)35(24)18-12-21(31)28(29(33)38)22(13-18)34-17-8-10-19(11-9-17)39-26(37)16-32/h12-13,17,19,34H,3-11,14-16,32H2,1-2H3,(H2,33,38). The number of ketones is 1. The van der Waals surface area contributed by atoms with Crippen molar-refractivity contribution in [3.63, 3.8) is 0 Å². The molecule has 1 saturated carbocycles. The maximum Gasteiger partial charge on any atom is 0.319 e. The van der Waals surface area contributed by atoms with Crippen LogP contribution in [0.1, 0.15) is 103 Å². The summed E-state index contributed by atoms with van der Waals surface area (Å²) in [6.07, 6.45) is 8.23. The molecule has 0 spiro atoms. The number of fused-ring (bicyclic) bond motifs is 3. The lowest BCUT2D eigenvalue weighted by Gasteiger charge is -2.36. The van der Waals surface area contributed by atoms with Gasteiger partial charge in [-0.3, -0.25) is 14.4 Å². The van der Waals surface area contributed by atoms with Crippen LogP contribution in [0.2, 0.25) is 0 Å². The van der Waals surface area contributed by atoms with Crippen molar-refractivity contribution in [3.8, 4) is 5.69 Å². The number of Topliss-reactive ketones (excluding diaryl/α,β-unsaturated/α-hetero) is 1. The first-order valence-corrected chi connectivity index (χ1v) is 14.3. The molecule has 2 aromatic rings. The highest BCUT2D eigenvalue weighted by Crippen LogP contribution is 2.46. The maximum absolute atomic E-state index is 15.6. The molecule has 9 heteroatoms. The smallest absolute Gasteiger partial charge is 0.319 e. The third kappa shape index (κ3) is 4.97. The Hall–Kier alpha value is -3.20. The predicted octanol–water partition coefficient (Wildman–Crippen LogP) is 4.36. The number of rotatable bonds is 8. The van der Waals surface area contributed by atoms with Crippen LogP contribution < -0.4 is 16.8 Å². The van der Waals surface area contributed by atoms with Gasteiger partial charge in [0.1, 0.15) is 11.9 Å². The van der Waals surface area contributed by atoms with Crippen molar-refractivity contribution in [2.24, 2.45) is 16.9 Å². The number of ether oxygens (including phenoxy) is 1. The number of hydrogen-bond donors (Lipinski definition) is 3. The van der Waals surface area contributed by atoms with Crippen molar-refractivity contribution in [2.75, 3.05) is 11.9 Å². The van der Waals surface area contributed by atoms with Crippen LogP contribution in [0.5, 0.6) is 0 Å². The van der Waals surface area contributed by atoms with Gasteiger partial charge in [0.05, 0.1) is 23.5 Å². The number of halogens is 1. The predicted molar refractivity (Wildman–Crippen MR) is 147 cm³/mol. The van der Waals surface area contributed by atoms with Gasteiger partial charge < -0.3 is 26.1 Å². The quantitative estimate of drug-likeness (QED) is 0.428. The number of amides is 1. The molecule has 1 fully saturated rings. The third-order valence-corrected chi connectivity index (χ3v) is 9.25. The largest absolute Gasteiger partial charge is 0.461 e. The van der Waals surface area contributed by atoms with Crippen LogP contribution in [-0.4, -0.2) is 40.9 Å². The number of benzene rings is 1. The van der Waals surface area contributed by atoms with Gasteiger partial charge in [0.15, 0.2) is 5.78 Å². The van der Waals surface area contributed by atoms with Gasteiger partial charge in [-0.1, -0.05) is 13.8 Å². The molecule has 1 aromatic heterocycles. The molecule has 1 aromatic carbocycles. The molecular weight excluding hydrogens is 499 g/mol. The van der Waals surface area contributed by atoms with Gasteiger partial charge in [-0.15, -0.1) is 0 Å². The minimum absolute atomic E-state index is 0.0377. The van der Waals surface area contributed by atoms with E-state index in [1.54, 1.807) is 6.07 Å². The fourth-order valence-electron chi connectivity index (χ4n) is 6.96. The minimum Gasteiger partial charge on any atom is -0.461 e. The number of esters is 1. The molecular formula is C30H39FN4O4. The highest BCUT2D eigenvalue weighted by atomic mass is 19.1. The topological polar surface area (TPSA) is 129 Å². The number of nitrogens with one attached hydrogen (secondary N) is 1. The van der Waals surface area contributed by atoms with Gasteiger partial charge in [0.2, 0.25) is 0 Å². The molecule has 1 amide bonds. The summed E-state index contributed by atoms with van der Waals surface area (Å²) in [6, 6.07) is 3.15. The number of primary amides is 1. The molecule has 0 unspecified atom stereocenters. The van der Waals surface area contributed by atoms with E-state index >= 15 is 4.39 Å². The molecule has 0 aliphatic heterocycles. The molecule has 0 atom stereocenters. The zero-order valence-corrected chi connectivity index (χ0v) is 22.9. The number of nitrogens with two attached hydrogens (primary N) is 2. The molecule has 0 bridgehead atoms. The highest BCUT2D eigenvalue weighted by molar-refractivity contribution is 6.02. The summed E-state index contributed by atoms with van der Waals surface area (Å²) in [6.45, 7) is 4.12. The van der Waals surface area contributed by atoms with E-state index in [0.717, 1.165) is 61.0 Å². The average Bonchev–Trinajstić information content (AvgIpc) is 3.49. The van der Waals surface area contributed by atoms with E-state index in [2.05, 4.69) is 23.7 Å². The second-order valence-corrected chi connectivity index (χ2v) is 11.4. The average molecular weight is 539 g/mol. The first-order valence-electron chi connectivity index (χ1n) is 14.3. The Morgan fingerprint density at radius 1 is 1.10 bits per heavy atom. The molecule has 39 heavy (non-hydrogen) atoms. The lowest BCUT2D eigenvalue weighted by molar-refractivity contribution is -0.148. The first-order chi connectivity index (χ1) is 18.7. The van der Waals surface area contributed by atoms with Crippen LogP contribution in [0.3, 0.4) is 0 Å². The molecule has 0 radical (unpaired) electrons. The number of nitrogens with zero attached hydrogens (tertiary/aromatic N) is 1. The molecule has 3 aliphatic rings. The van der Waals surface area contributed by atoms with Crippen LogP contribution in [0.25, 0.3) is 5.69 Å². The van der Waals surface area contributed by atoms with Crippen molar-refractivity contribution in [1.29, 1.82) is 0 Å². The maximum atomic E-state index is 15.6. The van der Waals surface area contributed by atoms with Gasteiger partial charge in [-0.25, -0.2) is 4.39 Å². The Labute approximate surface area is 228 Å². The number of hydrogen-bond acceptors (Lipinski definition) is 6. The van der Waals surface area contributed by atoms with Crippen LogP contribution >= 0.6 is 0 Å². The third-order valence-electron chi connectivity index (χ3n) is 9.25. The Morgan fingerprint density at radius 2 is 1.82 bits per heavy atom. The van der Waals surface area contributed by atoms with Gasteiger partial charge in [-0.05, 0) is 87.3 Å². The number of anilines is 1. The summed E-state index contributed by atoms with van der Waals surface area (Å²) in [4.78, 5) is 37.4. The second-order valence-electron chi connectivity index (χ2n) is 11.4. The summed E-state index contributed by atoms with van der Waals surface area (Å²) in [7, 11) is 0. The zero-order chi connectivity index (χ0) is 27.9. The van der Waals surface area contributed by atoms with Gasteiger partial charge in [0, 0.05) is 29.4 Å². The molecule has 210 valence electrons. The summed E-state index contributed by atoms with van der Waals surface area (Å²) in [5, 5.41) is 3.37. The van der Waals surface area contributed by atoms with Crippen LogP contribution in [-0.2, 0) is 28.8 Å². The Kier molecular flexibility index (Phi) is 7.55. The van der Waals surface area contributed by atoms with Crippen molar-refractivity contribution >= 4 is 23.3 Å². The van der Waals surface area contributed by atoms with E-state index in [4.69, 9.17) is 16.2 Å². The van der Waals surface area contributed by atoms with E-state index in [0.29, 0.717) is 43.5 Å². The van der Waals surface area contributed by atoms with Crippen molar-refractivity contribution in [2.45, 2.75) is 96.6 Å². The molecule has 8 nitrogen and oxygen atoms in total. The molecule has 3 aliphatic carbocycles. The second kappa shape index (κ2) is 10.8. The van der Waals surface area contributed by atoms with Gasteiger partial charge in [-0.2, -0.15) is 0 Å². The van der Waals surface area contributed by atoms with Gasteiger partial charge in [0.25, 0.3) is 5.91 Å². The Morgan fingerprint density at radius 3 is 2.46 bits per heavy atom. The SMILES string of the molecule is CCC1(CC)CC(=O)c2c3c(n(-c4cc(F)c(C(N)=O)c(NC5CCC(OC(=O)CN)CC5)c4)c2C1)CCC3. The molecule has 5 N–H and O–H groups in total. The number of carbonyl (C=O) groups is 3. The lowest BCUT2D eigenvalue weighted by Crippen LogP contribution is -2.33. The number of aromatic nitrogens is 1. The first kappa shape index (κ1) is 27.4.